The molecular formula is C18H31NO. The van der Waals surface area contributed by atoms with Crippen LogP contribution in [0.15, 0.2) is 24.3 Å². The van der Waals surface area contributed by atoms with Crippen LogP contribution in [-0.2, 0) is 11.2 Å². The Hall–Kier alpha value is -0.860. The minimum Gasteiger partial charge on any atom is -0.374 e. The Morgan fingerprint density at radius 3 is 2.15 bits per heavy atom. The zero-order valence-corrected chi connectivity index (χ0v) is 14.0. The molecule has 0 aliphatic rings. The van der Waals surface area contributed by atoms with E-state index in [1.54, 1.807) is 0 Å². The molecule has 1 rings (SSSR count). The molecule has 1 unspecified atom stereocenters. The summed E-state index contributed by atoms with van der Waals surface area (Å²) in [4.78, 5) is 0. The predicted octanol–water partition coefficient (Wildman–Crippen LogP) is 4.35. The van der Waals surface area contributed by atoms with Gasteiger partial charge in [0.2, 0.25) is 0 Å². The van der Waals surface area contributed by atoms with Gasteiger partial charge in [-0.2, -0.15) is 0 Å². The van der Waals surface area contributed by atoms with Gasteiger partial charge in [-0.3, -0.25) is 0 Å². The summed E-state index contributed by atoms with van der Waals surface area (Å²) in [5, 5.41) is 3.51. The first-order valence-corrected chi connectivity index (χ1v) is 7.78. The zero-order chi connectivity index (χ0) is 15.2. The molecule has 0 spiro atoms. The zero-order valence-electron chi connectivity index (χ0n) is 14.0. The molecule has 0 aliphatic carbocycles. The SMILES string of the molecule is CCNC(COC(C)(C)C)c1ccc(CC(C)C)cc1. The average Bonchev–Trinajstić information content (AvgIpc) is 2.34. The summed E-state index contributed by atoms with van der Waals surface area (Å²) in [6.45, 7) is 14.6. The van der Waals surface area contributed by atoms with Gasteiger partial charge >= 0.3 is 0 Å². The van der Waals surface area contributed by atoms with Gasteiger partial charge < -0.3 is 10.1 Å². The number of hydrogen-bond donors (Lipinski definition) is 1. The molecule has 0 amide bonds. The van der Waals surface area contributed by atoms with Crippen LogP contribution in [0, 0.1) is 5.92 Å². The Morgan fingerprint density at radius 1 is 1.10 bits per heavy atom. The Labute approximate surface area is 124 Å². The fourth-order valence-electron chi connectivity index (χ4n) is 2.21. The Bertz CT molecular complexity index is 375. The van der Waals surface area contributed by atoms with Gasteiger partial charge in [-0.25, -0.2) is 0 Å². The van der Waals surface area contributed by atoms with Gasteiger partial charge in [0.05, 0.1) is 18.2 Å². The summed E-state index contributed by atoms with van der Waals surface area (Å²) in [6.07, 6.45) is 1.14. The summed E-state index contributed by atoms with van der Waals surface area (Å²) >= 11 is 0. The van der Waals surface area contributed by atoms with E-state index >= 15 is 0 Å². The van der Waals surface area contributed by atoms with Crippen molar-refractivity contribution in [3.8, 4) is 0 Å². The van der Waals surface area contributed by atoms with E-state index in [9.17, 15) is 0 Å². The highest BCUT2D eigenvalue weighted by Crippen LogP contribution is 2.19. The third-order valence-electron chi connectivity index (χ3n) is 3.16. The van der Waals surface area contributed by atoms with Crippen LogP contribution in [0.2, 0.25) is 0 Å². The molecule has 2 nitrogen and oxygen atoms in total. The minimum atomic E-state index is -0.0920. The van der Waals surface area contributed by atoms with Gasteiger partial charge in [0, 0.05) is 0 Å². The molecule has 1 aromatic carbocycles. The van der Waals surface area contributed by atoms with E-state index in [1.807, 2.05) is 0 Å². The van der Waals surface area contributed by atoms with E-state index in [4.69, 9.17) is 4.74 Å². The molecule has 114 valence electrons. The molecule has 0 bridgehead atoms. The van der Waals surface area contributed by atoms with Crippen molar-refractivity contribution in [1.82, 2.24) is 5.32 Å². The second kappa shape index (κ2) is 7.80. The second-order valence-corrected chi connectivity index (χ2v) is 6.87. The van der Waals surface area contributed by atoms with Gasteiger partial charge in [-0.1, -0.05) is 45.0 Å². The summed E-state index contributed by atoms with van der Waals surface area (Å²) in [6, 6.07) is 9.23. The quantitative estimate of drug-likeness (QED) is 0.800. The van der Waals surface area contributed by atoms with Crippen LogP contribution >= 0.6 is 0 Å². The molecular weight excluding hydrogens is 246 g/mol. The molecule has 0 saturated heterocycles. The number of rotatable bonds is 7. The van der Waals surface area contributed by atoms with Crippen molar-refractivity contribution in [1.29, 1.82) is 0 Å². The maximum Gasteiger partial charge on any atom is 0.0668 e. The maximum absolute atomic E-state index is 5.93. The van der Waals surface area contributed by atoms with Crippen molar-refractivity contribution in [3.63, 3.8) is 0 Å². The molecule has 0 heterocycles. The lowest BCUT2D eigenvalue weighted by Crippen LogP contribution is -2.30. The fraction of sp³-hybridized carbons (Fsp3) is 0.667. The largest absolute Gasteiger partial charge is 0.374 e. The Kier molecular flexibility index (Phi) is 6.70. The maximum atomic E-state index is 5.93. The monoisotopic (exact) mass is 277 g/mol. The van der Waals surface area contributed by atoms with Gasteiger partial charge in [-0.15, -0.1) is 0 Å². The van der Waals surface area contributed by atoms with Crippen molar-refractivity contribution in [2.24, 2.45) is 5.92 Å². The number of likely N-dealkylation sites (N-methyl/N-ethyl adjacent to an activating group) is 1. The fourth-order valence-corrected chi connectivity index (χ4v) is 2.21. The van der Waals surface area contributed by atoms with Crippen molar-refractivity contribution in [2.45, 2.75) is 59.6 Å². The Morgan fingerprint density at radius 2 is 1.70 bits per heavy atom. The molecule has 2 heteroatoms. The summed E-state index contributed by atoms with van der Waals surface area (Å²) in [5.41, 5.74) is 2.63. The highest BCUT2D eigenvalue weighted by atomic mass is 16.5. The predicted molar refractivity (Wildman–Crippen MR) is 87.1 cm³/mol. The molecule has 0 aliphatic heterocycles. The van der Waals surface area contributed by atoms with Crippen LogP contribution in [0.4, 0.5) is 0 Å². The smallest absolute Gasteiger partial charge is 0.0668 e. The van der Waals surface area contributed by atoms with Crippen LogP contribution in [0.25, 0.3) is 0 Å². The lowest BCUT2D eigenvalue weighted by molar-refractivity contribution is -0.0146. The van der Waals surface area contributed by atoms with E-state index < -0.39 is 0 Å². The van der Waals surface area contributed by atoms with Crippen molar-refractivity contribution in [2.75, 3.05) is 13.2 Å². The van der Waals surface area contributed by atoms with Gasteiger partial charge in [0.1, 0.15) is 0 Å². The lowest BCUT2D eigenvalue weighted by Gasteiger charge is -2.25. The molecule has 0 fully saturated rings. The third kappa shape index (κ3) is 6.53. The van der Waals surface area contributed by atoms with Crippen LogP contribution in [0.5, 0.6) is 0 Å². The normalized spacial score (nSPS) is 13.8. The standard InChI is InChI=1S/C18H31NO/c1-7-19-17(13-20-18(4,5)6)16-10-8-15(9-11-16)12-14(2)3/h8-11,14,17,19H,7,12-13H2,1-6H3. The molecule has 1 atom stereocenters. The first kappa shape index (κ1) is 17.2. The van der Waals surface area contributed by atoms with Crippen molar-refractivity contribution >= 4 is 0 Å². The summed E-state index contributed by atoms with van der Waals surface area (Å²) in [7, 11) is 0. The summed E-state index contributed by atoms with van der Waals surface area (Å²) < 4.78 is 5.93. The molecule has 20 heavy (non-hydrogen) atoms. The van der Waals surface area contributed by atoms with Crippen molar-refractivity contribution < 1.29 is 4.74 Å². The highest BCUT2D eigenvalue weighted by molar-refractivity contribution is 5.25. The van der Waals surface area contributed by atoms with Gasteiger partial charge in [-0.05, 0) is 50.8 Å². The van der Waals surface area contributed by atoms with E-state index in [1.165, 1.54) is 11.1 Å². The van der Waals surface area contributed by atoms with E-state index in [0.29, 0.717) is 12.5 Å². The van der Waals surface area contributed by atoms with E-state index in [0.717, 1.165) is 13.0 Å². The molecule has 1 aromatic rings. The minimum absolute atomic E-state index is 0.0920. The van der Waals surface area contributed by atoms with Crippen molar-refractivity contribution in [3.05, 3.63) is 35.4 Å². The highest BCUT2D eigenvalue weighted by Gasteiger charge is 2.16. The molecule has 0 radical (unpaired) electrons. The van der Waals surface area contributed by atoms with Gasteiger partial charge in [0.25, 0.3) is 0 Å². The van der Waals surface area contributed by atoms with Crippen LogP contribution in [0.3, 0.4) is 0 Å². The second-order valence-electron chi connectivity index (χ2n) is 6.87. The topological polar surface area (TPSA) is 21.3 Å². The first-order chi connectivity index (χ1) is 9.31. The lowest BCUT2D eigenvalue weighted by atomic mass is 9.99. The third-order valence-corrected chi connectivity index (χ3v) is 3.16. The van der Waals surface area contributed by atoms with Crippen LogP contribution < -0.4 is 5.32 Å². The van der Waals surface area contributed by atoms with E-state index in [2.05, 4.69) is 71.1 Å². The van der Waals surface area contributed by atoms with E-state index in [-0.39, 0.29) is 11.6 Å². The Balaban J connectivity index is 2.71. The van der Waals surface area contributed by atoms with Gasteiger partial charge in [0.15, 0.2) is 0 Å². The molecule has 1 N–H and O–H groups in total. The number of benzene rings is 1. The number of hydrogen-bond acceptors (Lipinski definition) is 2. The first-order valence-electron chi connectivity index (χ1n) is 7.78. The number of ether oxygens (including phenoxy) is 1. The average molecular weight is 277 g/mol. The molecule has 0 aromatic heterocycles. The molecule has 0 saturated carbocycles. The summed E-state index contributed by atoms with van der Waals surface area (Å²) in [5.74, 6) is 0.703. The van der Waals surface area contributed by atoms with Crippen LogP contribution in [-0.4, -0.2) is 18.8 Å². The number of nitrogens with one attached hydrogen (secondary N) is 1. The van der Waals surface area contributed by atoms with Crippen LogP contribution in [0.1, 0.15) is 58.7 Å².